The number of ketones is 1. The van der Waals surface area contributed by atoms with Crippen LogP contribution in [0.3, 0.4) is 0 Å². The van der Waals surface area contributed by atoms with Crippen LogP contribution in [-0.2, 0) is 0 Å². The van der Waals surface area contributed by atoms with E-state index in [-0.39, 0.29) is 5.41 Å². The molecule has 94 valence electrons. The molecule has 0 atom stereocenters. The van der Waals surface area contributed by atoms with Gasteiger partial charge in [0.05, 0.1) is 0 Å². The maximum Gasteiger partial charge on any atom is 0.169 e. The average molecular weight is 250 g/mol. The topological polar surface area (TPSA) is 17.1 Å². The normalized spacial score (nSPS) is 18.8. The molecule has 1 saturated carbocycles. The molecule has 1 aromatic heterocycles. The van der Waals surface area contributed by atoms with Crippen molar-refractivity contribution in [1.29, 1.82) is 0 Å². The zero-order valence-corrected chi connectivity index (χ0v) is 11.9. The molecule has 0 aromatic carbocycles. The number of hydrogen-bond donors (Lipinski definition) is 0. The van der Waals surface area contributed by atoms with Crippen LogP contribution in [0.4, 0.5) is 0 Å². The van der Waals surface area contributed by atoms with E-state index in [2.05, 4.69) is 26.8 Å². The molecule has 17 heavy (non-hydrogen) atoms. The maximum atomic E-state index is 12.7. The minimum atomic E-state index is -0.0400. The highest BCUT2D eigenvalue weighted by atomic mass is 32.1. The quantitative estimate of drug-likeness (QED) is 0.698. The van der Waals surface area contributed by atoms with E-state index in [0.29, 0.717) is 11.7 Å². The number of hydrogen-bond acceptors (Lipinski definition) is 2. The summed E-state index contributed by atoms with van der Waals surface area (Å²) in [6.45, 7) is 6.53. The Kier molecular flexibility index (Phi) is 3.72. The van der Waals surface area contributed by atoms with Gasteiger partial charge in [-0.15, -0.1) is 11.3 Å². The van der Waals surface area contributed by atoms with Crippen molar-refractivity contribution in [1.82, 2.24) is 0 Å². The molecule has 2 rings (SSSR count). The van der Waals surface area contributed by atoms with E-state index in [4.69, 9.17) is 0 Å². The first kappa shape index (κ1) is 12.8. The fourth-order valence-electron chi connectivity index (χ4n) is 3.23. The highest BCUT2D eigenvalue weighted by molar-refractivity contribution is 7.10. The van der Waals surface area contributed by atoms with Gasteiger partial charge in [-0.05, 0) is 38.2 Å². The number of carbonyl (C=O) groups is 1. The fourth-order valence-corrected chi connectivity index (χ4v) is 3.91. The summed E-state index contributed by atoms with van der Waals surface area (Å²) < 4.78 is 0. The SMILES string of the molecule is Cc1cc(C(=O)C2(CC(C)C)CCCC2)cs1. The van der Waals surface area contributed by atoms with Gasteiger partial charge in [-0.1, -0.05) is 26.7 Å². The van der Waals surface area contributed by atoms with E-state index >= 15 is 0 Å². The summed E-state index contributed by atoms with van der Waals surface area (Å²) in [4.78, 5) is 14.0. The second-order valence-electron chi connectivity index (χ2n) is 5.86. The number of rotatable bonds is 4. The minimum Gasteiger partial charge on any atom is -0.294 e. The van der Waals surface area contributed by atoms with Gasteiger partial charge in [0.1, 0.15) is 0 Å². The molecule has 0 N–H and O–H groups in total. The van der Waals surface area contributed by atoms with Crippen LogP contribution in [0.1, 0.15) is 61.2 Å². The Morgan fingerprint density at radius 2 is 2.06 bits per heavy atom. The highest BCUT2D eigenvalue weighted by Crippen LogP contribution is 2.45. The first-order valence-corrected chi connectivity index (χ1v) is 7.51. The number of thiophene rings is 1. The zero-order chi connectivity index (χ0) is 12.5. The van der Waals surface area contributed by atoms with Gasteiger partial charge < -0.3 is 0 Å². The van der Waals surface area contributed by atoms with Crippen LogP contribution in [-0.4, -0.2) is 5.78 Å². The Morgan fingerprint density at radius 3 is 2.53 bits per heavy atom. The summed E-state index contributed by atoms with van der Waals surface area (Å²) in [5, 5.41) is 2.04. The van der Waals surface area contributed by atoms with E-state index in [1.165, 1.54) is 17.7 Å². The zero-order valence-electron chi connectivity index (χ0n) is 11.1. The average Bonchev–Trinajstić information content (AvgIpc) is 2.86. The van der Waals surface area contributed by atoms with Crippen molar-refractivity contribution in [3.63, 3.8) is 0 Å². The summed E-state index contributed by atoms with van der Waals surface area (Å²) in [5.74, 6) is 1.02. The van der Waals surface area contributed by atoms with Crippen molar-refractivity contribution in [3.8, 4) is 0 Å². The summed E-state index contributed by atoms with van der Waals surface area (Å²) in [6.07, 6.45) is 5.70. The Labute approximate surface area is 108 Å². The molecule has 0 amide bonds. The van der Waals surface area contributed by atoms with E-state index < -0.39 is 0 Å². The van der Waals surface area contributed by atoms with Crippen LogP contribution >= 0.6 is 11.3 Å². The monoisotopic (exact) mass is 250 g/mol. The smallest absolute Gasteiger partial charge is 0.169 e. The lowest BCUT2D eigenvalue weighted by Crippen LogP contribution is -2.29. The first-order valence-electron chi connectivity index (χ1n) is 6.63. The predicted molar refractivity (Wildman–Crippen MR) is 73.7 cm³/mol. The summed E-state index contributed by atoms with van der Waals surface area (Å²) in [7, 11) is 0. The van der Waals surface area contributed by atoms with Gasteiger partial charge in [0.25, 0.3) is 0 Å². The molecule has 1 aliphatic rings. The predicted octanol–water partition coefficient (Wildman–Crippen LogP) is 4.85. The van der Waals surface area contributed by atoms with Crippen molar-refractivity contribution in [2.45, 2.75) is 52.9 Å². The Hall–Kier alpha value is -0.630. The highest BCUT2D eigenvalue weighted by Gasteiger charge is 2.41. The molecule has 0 bridgehead atoms. The molecule has 1 fully saturated rings. The minimum absolute atomic E-state index is 0.0400. The molecule has 1 heterocycles. The number of carbonyl (C=O) groups excluding carboxylic acids is 1. The fraction of sp³-hybridized carbons (Fsp3) is 0.667. The van der Waals surface area contributed by atoms with Gasteiger partial charge in [0, 0.05) is 21.2 Å². The Bertz CT molecular complexity index is 397. The maximum absolute atomic E-state index is 12.7. The third-order valence-corrected chi connectivity index (χ3v) is 4.70. The van der Waals surface area contributed by atoms with Gasteiger partial charge in [-0.2, -0.15) is 0 Å². The lowest BCUT2D eigenvalue weighted by molar-refractivity contribution is 0.0760. The van der Waals surface area contributed by atoms with Crippen LogP contribution in [0.2, 0.25) is 0 Å². The lowest BCUT2D eigenvalue weighted by Gasteiger charge is -2.29. The second-order valence-corrected chi connectivity index (χ2v) is 6.98. The molecule has 0 spiro atoms. The van der Waals surface area contributed by atoms with E-state index in [1.54, 1.807) is 11.3 Å². The summed E-state index contributed by atoms with van der Waals surface area (Å²) in [5.41, 5.74) is 0.914. The Morgan fingerprint density at radius 1 is 1.41 bits per heavy atom. The van der Waals surface area contributed by atoms with Crippen molar-refractivity contribution >= 4 is 17.1 Å². The van der Waals surface area contributed by atoms with E-state index in [9.17, 15) is 4.79 Å². The molecular weight excluding hydrogens is 228 g/mol. The third-order valence-electron chi connectivity index (χ3n) is 3.83. The van der Waals surface area contributed by atoms with E-state index in [1.807, 2.05) is 5.38 Å². The van der Waals surface area contributed by atoms with Gasteiger partial charge in [-0.25, -0.2) is 0 Å². The molecule has 2 heteroatoms. The number of aryl methyl sites for hydroxylation is 1. The van der Waals surface area contributed by atoms with E-state index in [0.717, 1.165) is 24.8 Å². The summed E-state index contributed by atoms with van der Waals surface area (Å²) in [6, 6.07) is 2.06. The van der Waals surface area contributed by atoms with Crippen molar-refractivity contribution in [2.75, 3.05) is 0 Å². The molecule has 0 unspecified atom stereocenters. The van der Waals surface area contributed by atoms with Gasteiger partial charge in [0.15, 0.2) is 5.78 Å². The molecule has 1 aromatic rings. The third kappa shape index (κ3) is 2.62. The molecule has 1 aliphatic carbocycles. The van der Waals surface area contributed by atoms with Gasteiger partial charge in [-0.3, -0.25) is 4.79 Å². The largest absolute Gasteiger partial charge is 0.294 e. The van der Waals surface area contributed by atoms with Crippen molar-refractivity contribution in [3.05, 3.63) is 21.9 Å². The second kappa shape index (κ2) is 4.93. The summed E-state index contributed by atoms with van der Waals surface area (Å²) >= 11 is 1.69. The van der Waals surface area contributed by atoms with Crippen molar-refractivity contribution < 1.29 is 4.79 Å². The Balaban J connectivity index is 2.24. The van der Waals surface area contributed by atoms with Gasteiger partial charge in [0.2, 0.25) is 0 Å². The van der Waals surface area contributed by atoms with Crippen LogP contribution in [0.15, 0.2) is 11.4 Å². The first-order chi connectivity index (χ1) is 8.03. The van der Waals surface area contributed by atoms with Crippen LogP contribution in [0, 0.1) is 18.3 Å². The van der Waals surface area contributed by atoms with Gasteiger partial charge >= 0.3 is 0 Å². The van der Waals surface area contributed by atoms with Crippen molar-refractivity contribution in [2.24, 2.45) is 11.3 Å². The molecule has 0 aliphatic heterocycles. The molecule has 0 radical (unpaired) electrons. The molecule has 1 nitrogen and oxygen atoms in total. The molecular formula is C15H22OS. The number of Topliss-reactive ketones (excluding diaryl/α,β-unsaturated/α-hetero) is 1. The van der Waals surface area contributed by atoms with Crippen LogP contribution < -0.4 is 0 Å². The standard InChI is InChI=1S/C15H22OS/c1-11(2)9-15(6-4-5-7-15)14(16)13-8-12(3)17-10-13/h8,10-11H,4-7,9H2,1-3H3. The molecule has 0 saturated heterocycles. The van der Waals surface area contributed by atoms with Crippen LogP contribution in [0.25, 0.3) is 0 Å². The lowest BCUT2D eigenvalue weighted by atomic mass is 9.73. The van der Waals surface area contributed by atoms with Crippen LogP contribution in [0.5, 0.6) is 0 Å².